The van der Waals surface area contributed by atoms with Crippen LogP contribution in [0.1, 0.15) is 0 Å². The summed E-state index contributed by atoms with van der Waals surface area (Å²) < 4.78 is 33.2. The lowest BCUT2D eigenvalue weighted by atomic mass is 9.96. The molecule has 0 aromatic heterocycles. The summed E-state index contributed by atoms with van der Waals surface area (Å²) >= 11 is 0. The van der Waals surface area contributed by atoms with Gasteiger partial charge in [0.1, 0.15) is 73.2 Å². The first-order valence-electron chi connectivity index (χ1n) is 13.2. The highest BCUT2D eigenvalue weighted by molar-refractivity contribution is 6.76. The maximum absolute atomic E-state index is 11.0. The Bertz CT molecular complexity index is 770. The van der Waals surface area contributed by atoms with Gasteiger partial charge in [-0.05, 0) is 6.04 Å². The smallest absolute Gasteiger partial charge is 0.187 e. The number of rotatable bonds is 11. The van der Waals surface area contributed by atoms with Gasteiger partial charge in [0.05, 0.1) is 19.8 Å². The molecule has 0 aliphatic carbocycles. The third-order valence-electron chi connectivity index (χ3n) is 7.21. The summed E-state index contributed by atoms with van der Waals surface area (Å²) in [5.74, 6) is 0. The maximum atomic E-state index is 11.0. The topological polar surface area (TPSA) is 258 Å². The van der Waals surface area contributed by atoms with E-state index in [4.69, 9.17) is 28.4 Å². The second-order valence-corrected chi connectivity index (χ2v) is 17.1. The van der Waals surface area contributed by atoms with Crippen molar-refractivity contribution in [2.45, 2.75) is 118 Å². The van der Waals surface area contributed by atoms with Crippen molar-refractivity contribution in [3.05, 3.63) is 0 Å². The van der Waals surface area contributed by atoms with Crippen molar-refractivity contribution in [1.82, 2.24) is 0 Å². The molecule has 0 amide bonds. The van der Waals surface area contributed by atoms with E-state index in [0.717, 1.165) is 6.04 Å². The zero-order valence-electron chi connectivity index (χ0n) is 22.6. The molecular formula is C23H44O16Si. The Morgan fingerprint density at radius 1 is 0.525 bits per heavy atom. The highest BCUT2D eigenvalue weighted by atomic mass is 28.3. The molecule has 236 valence electrons. The van der Waals surface area contributed by atoms with Crippen LogP contribution in [0.5, 0.6) is 0 Å². The molecule has 0 aromatic carbocycles. The lowest BCUT2D eigenvalue weighted by Crippen LogP contribution is -2.66. The summed E-state index contributed by atoms with van der Waals surface area (Å²) in [6.07, 6.45) is -24.1. The summed E-state index contributed by atoms with van der Waals surface area (Å²) in [6, 6.07) is 0.752. The van der Waals surface area contributed by atoms with Crippen LogP contribution in [0.3, 0.4) is 0 Å². The minimum Gasteiger partial charge on any atom is -0.394 e. The van der Waals surface area contributed by atoms with Gasteiger partial charge in [-0.3, -0.25) is 0 Å². The molecule has 0 saturated carbocycles. The summed E-state index contributed by atoms with van der Waals surface area (Å²) in [4.78, 5) is 0. The van der Waals surface area contributed by atoms with E-state index in [1.807, 2.05) is 0 Å². The zero-order valence-corrected chi connectivity index (χ0v) is 23.6. The molecule has 0 radical (unpaired) electrons. The third kappa shape index (κ3) is 7.74. The molecule has 3 aliphatic heterocycles. The van der Waals surface area contributed by atoms with Gasteiger partial charge in [0.15, 0.2) is 18.9 Å². The average Bonchev–Trinajstić information content (AvgIpc) is 2.90. The van der Waals surface area contributed by atoms with Gasteiger partial charge in [0, 0.05) is 14.7 Å². The van der Waals surface area contributed by atoms with Crippen LogP contribution in [0.15, 0.2) is 0 Å². The van der Waals surface area contributed by atoms with Crippen LogP contribution in [-0.4, -0.2) is 178 Å². The molecule has 3 fully saturated rings. The quantitative estimate of drug-likeness (QED) is 0.0988. The van der Waals surface area contributed by atoms with E-state index in [1.165, 1.54) is 0 Å². The SMILES string of the molecule is C[Si](C)(C)CCO[C@@H]1O[C@H](CO)[C@H](O[C@H]2O[C@H](CO)[C@H](O)[C@H](O[C@@H]3O[C@H](CO)[C@@H](O)[C@H](O)[C@H]3O)[C@H]2O)[C@H](O)[C@H]1O. The monoisotopic (exact) mass is 604 g/mol. The number of ether oxygens (including phenoxy) is 6. The van der Waals surface area contributed by atoms with Crippen LogP contribution in [0.25, 0.3) is 0 Å². The van der Waals surface area contributed by atoms with E-state index < -0.39 is 120 Å². The van der Waals surface area contributed by atoms with Gasteiger partial charge >= 0.3 is 0 Å². The molecule has 3 saturated heterocycles. The van der Waals surface area contributed by atoms with Gasteiger partial charge in [0.2, 0.25) is 0 Å². The van der Waals surface area contributed by atoms with Crippen LogP contribution >= 0.6 is 0 Å². The molecule has 0 unspecified atom stereocenters. The number of aliphatic hydroxyl groups excluding tert-OH is 10. The van der Waals surface area contributed by atoms with Crippen LogP contribution in [0.2, 0.25) is 25.7 Å². The van der Waals surface area contributed by atoms with E-state index in [-0.39, 0.29) is 6.61 Å². The lowest BCUT2D eigenvalue weighted by molar-refractivity contribution is -0.380. The predicted octanol–water partition coefficient (Wildman–Crippen LogP) is -5.21. The Morgan fingerprint density at radius 3 is 1.55 bits per heavy atom. The van der Waals surface area contributed by atoms with Crippen LogP contribution in [0, 0.1) is 0 Å². The zero-order chi connectivity index (χ0) is 29.9. The molecule has 3 aliphatic rings. The van der Waals surface area contributed by atoms with E-state index in [0.29, 0.717) is 0 Å². The molecule has 10 N–H and O–H groups in total. The van der Waals surface area contributed by atoms with Crippen molar-refractivity contribution in [3.8, 4) is 0 Å². The summed E-state index contributed by atoms with van der Waals surface area (Å²) in [7, 11) is -1.47. The molecular weight excluding hydrogens is 560 g/mol. The fourth-order valence-corrected chi connectivity index (χ4v) is 5.39. The largest absolute Gasteiger partial charge is 0.394 e. The van der Waals surface area contributed by atoms with Crippen molar-refractivity contribution in [1.29, 1.82) is 0 Å². The molecule has 3 heterocycles. The number of aliphatic hydroxyl groups is 10. The van der Waals surface area contributed by atoms with Crippen molar-refractivity contribution in [2.24, 2.45) is 0 Å². The lowest BCUT2D eigenvalue weighted by Gasteiger charge is -2.48. The normalized spacial score (nSPS) is 46.9. The van der Waals surface area contributed by atoms with Crippen LogP contribution < -0.4 is 0 Å². The number of hydrogen-bond donors (Lipinski definition) is 10. The minimum atomic E-state index is -1.88. The first kappa shape index (κ1) is 34.1. The molecule has 0 bridgehead atoms. The third-order valence-corrected chi connectivity index (χ3v) is 8.91. The highest BCUT2D eigenvalue weighted by Gasteiger charge is 2.53. The Kier molecular flexibility index (Phi) is 12.2. The fraction of sp³-hybridized carbons (Fsp3) is 1.00. The standard InChI is InChI=1S/C23H44O16Si/c1-40(2,3)5-4-34-21-17(32)15(30)19(11(8-26)37-21)38-23-18(33)20(13(28)10(7-25)36-23)39-22-16(31)14(29)12(27)9(6-24)35-22/h9-33H,4-8H2,1-3H3/t9-,10-,11-,12-,13+,14+,15-,16-,17-,18-,19+,20+,21-,22+,23-/m1/s1. The maximum Gasteiger partial charge on any atom is 0.187 e. The second-order valence-electron chi connectivity index (χ2n) is 11.5. The first-order valence-corrected chi connectivity index (χ1v) is 16.9. The molecule has 0 aromatic rings. The van der Waals surface area contributed by atoms with Crippen molar-refractivity contribution >= 4 is 8.07 Å². The van der Waals surface area contributed by atoms with Crippen molar-refractivity contribution in [2.75, 3.05) is 26.4 Å². The summed E-state index contributed by atoms with van der Waals surface area (Å²) in [6.45, 7) is 4.43. The Morgan fingerprint density at radius 2 is 1.00 bits per heavy atom. The Labute approximate surface area is 232 Å². The molecule has 40 heavy (non-hydrogen) atoms. The van der Waals surface area contributed by atoms with E-state index in [9.17, 15) is 51.1 Å². The highest BCUT2D eigenvalue weighted by Crippen LogP contribution is 2.32. The van der Waals surface area contributed by atoms with Gasteiger partial charge in [-0.1, -0.05) is 19.6 Å². The Balaban J connectivity index is 1.72. The minimum absolute atomic E-state index is 0.255. The van der Waals surface area contributed by atoms with Gasteiger partial charge in [-0.25, -0.2) is 0 Å². The van der Waals surface area contributed by atoms with Gasteiger partial charge in [0.25, 0.3) is 0 Å². The van der Waals surface area contributed by atoms with Gasteiger partial charge in [-0.15, -0.1) is 0 Å². The average molecular weight is 605 g/mol. The first-order chi connectivity index (χ1) is 18.7. The molecule has 16 nitrogen and oxygen atoms in total. The van der Waals surface area contributed by atoms with Gasteiger partial charge in [-0.2, -0.15) is 0 Å². The predicted molar refractivity (Wildman–Crippen MR) is 133 cm³/mol. The molecule has 0 spiro atoms. The Hall–Kier alpha value is -0.423. The van der Waals surface area contributed by atoms with Crippen molar-refractivity contribution < 1.29 is 79.5 Å². The van der Waals surface area contributed by atoms with Crippen LogP contribution in [-0.2, 0) is 28.4 Å². The van der Waals surface area contributed by atoms with Crippen LogP contribution in [0.4, 0.5) is 0 Å². The second kappa shape index (κ2) is 14.4. The van der Waals surface area contributed by atoms with E-state index in [2.05, 4.69) is 19.6 Å². The number of hydrogen-bond acceptors (Lipinski definition) is 16. The summed E-state index contributed by atoms with van der Waals surface area (Å²) in [5, 5.41) is 102. The summed E-state index contributed by atoms with van der Waals surface area (Å²) in [5.41, 5.74) is 0. The van der Waals surface area contributed by atoms with Gasteiger partial charge < -0.3 is 79.5 Å². The van der Waals surface area contributed by atoms with E-state index in [1.54, 1.807) is 0 Å². The van der Waals surface area contributed by atoms with Crippen molar-refractivity contribution in [3.63, 3.8) is 0 Å². The molecule has 15 atom stereocenters. The fourth-order valence-electron chi connectivity index (χ4n) is 4.66. The van der Waals surface area contributed by atoms with E-state index >= 15 is 0 Å². The molecule has 17 heteroatoms. The molecule has 3 rings (SSSR count).